The smallest absolute Gasteiger partial charge is 0.106 e. The minimum absolute atomic E-state index is 0.395. The zero-order valence-electron chi connectivity index (χ0n) is 7.58. The van der Waals surface area contributed by atoms with Gasteiger partial charge in [-0.25, -0.2) is 0 Å². The lowest BCUT2D eigenvalue weighted by atomic mass is 10.0. The summed E-state index contributed by atoms with van der Waals surface area (Å²) in [5, 5.41) is 0. The summed E-state index contributed by atoms with van der Waals surface area (Å²) in [6.45, 7) is 5.33. The molecular formula is C11H14O. The van der Waals surface area contributed by atoms with Crippen LogP contribution in [0.25, 0.3) is 0 Å². The SMILES string of the molecule is CC(C)c1ccc([C@@H]2CO2)cc1. The Balaban J connectivity index is 2.18. The van der Waals surface area contributed by atoms with Crippen LogP contribution in [0.5, 0.6) is 0 Å². The van der Waals surface area contributed by atoms with Crippen LogP contribution in [-0.4, -0.2) is 6.61 Å². The number of hydrogen-bond donors (Lipinski definition) is 0. The van der Waals surface area contributed by atoms with Gasteiger partial charge in [-0.05, 0) is 17.0 Å². The summed E-state index contributed by atoms with van der Waals surface area (Å²) >= 11 is 0. The molecule has 1 atom stereocenters. The van der Waals surface area contributed by atoms with E-state index in [2.05, 4.69) is 38.1 Å². The van der Waals surface area contributed by atoms with E-state index in [9.17, 15) is 0 Å². The van der Waals surface area contributed by atoms with E-state index in [1.807, 2.05) is 0 Å². The maximum absolute atomic E-state index is 5.19. The second-order valence-corrected chi connectivity index (χ2v) is 3.64. The van der Waals surface area contributed by atoms with E-state index in [1.165, 1.54) is 11.1 Å². The van der Waals surface area contributed by atoms with Crippen molar-refractivity contribution in [1.82, 2.24) is 0 Å². The third-order valence-electron chi connectivity index (χ3n) is 2.31. The maximum Gasteiger partial charge on any atom is 0.106 e. The molecule has 1 fully saturated rings. The predicted octanol–water partition coefficient (Wildman–Crippen LogP) is 2.88. The Bertz CT molecular complexity index is 236. The van der Waals surface area contributed by atoms with Crippen LogP contribution < -0.4 is 0 Å². The highest BCUT2D eigenvalue weighted by molar-refractivity contribution is 5.27. The van der Waals surface area contributed by atoms with Crippen LogP contribution in [0.1, 0.15) is 37.0 Å². The summed E-state index contributed by atoms with van der Waals surface area (Å²) in [4.78, 5) is 0. The lowest BCUT2D eigenvalue weighted by Gasteiger charge is -2.04. The Labute approximate surface area is 73.4 Å². The van der Waals surface area contributed by atoms with Crippen LogP contribution in [0.15, 0.2) is 24.3 Å². The first-order valence-electron chi connectivity index (χ1n) is 4.49. The number of hydrogen-bond acceptors (Lipinski definition) is 1. The maximum atomic E-state index is 5.19. The number of benzene rings is 1. The average Bonchev–Trinajstić information content (AvgIpc) is 2.87. The van der Waals surface area contributed by atoms with Gasteiger partial charge in [0.05, 0.1) is 6.61 Å². The number of ether oxygens (including phenoxy) is 1. The summed E-state index contributed by atoms with van der Waals surface area (Å²) in [5.41, 5.74) is 2.72. The molecule has 0 saturated carbocycles. The van der Waals surface area contributed by atoms with Crippen molar-refractivity contribution in [1.29, 1.82) is 0 Å². The minimum atomic E-state index is 0.395. The molecule has 1 saturated heterocycles. The van der Waals surface area contributed by atoms with Gasteiger partial charge in [-0.1, -0.05) is 38.1 Å². The van der Waals surface area contributed by atoms with Crippen molar-refractivity contribution < 1.29 is 4.74 Å². The van der Waals surface area contributed by atoms with Gasteiger partial charge in [0.15, 0.2) is 0 Å². The zero-order valence-corrected chi connectivity index (χ0v) is 7.58. The Kier molecular flexibility index (Phi) is 1.89. The summed E-state index contributed by atoms with van der Waals surface area (Å²) in [7, 11) is 0. The fourth-order valence-corrected chi connectivity index (χ4v) is 1.34. The van der Waals surface area contributed by atoms with E-state index in [-0.39, 0.29) is 0 Å². The topological polar surface area (TPSA) is 12.5 Å². The van der Waals surface area contributed by atoms with Gasteiger partial charge < -0.3 is 4.74 Å². The van der Waals surface area contributed by atoms with Crippen molar-refractivity contribution >= 4 is 0 Å². The van der Waals surface area contributed by atoms with Crippen LogP contribution in [0, 0.1) is 0 Å². The second kappa shape index (κ2) is 2.91. The molecule has 0 amide bonds. The molecule has 64 valence electrons. The molecule has 0 N–H and O–H groups in total. The van der Waals surface area contributed by atoms with Crippen molar-refractivity contribution in [3.63, 3.8) is 0 Å². The molecule has 0 unspecified atom stereocenters. The third kappa shape index (κ3) is 1.51. The van der Waals surface area contributed by atoms with Crippen molar-refractivity contribution in [2.75, 3.05) is 6.61 Å². The molecule has 1 aliphatic heterocycles. The van der Waals surface area contributed by atoms with E-state index in [4.69, 9.17) is 4.74 Å². The third-order valence-corrected chi connectivity index (χ3v) is 2.31. The molecule has 1 aromatic carbocycles. The van der Waals surface area contributed by atoms with Crippen LogP contribution in [0.2, 0.25) is 0 Å². The van der Waals surface area contributed by atoms with Gasteiger partial charge in [-0.2, -0.15) is 0 Å². The molecule has 1 heteroatoms. The van der Waals surface area contributed by atoms with Gasteiger partial charge in [0.1, 0.15) is 6.10 Å². The summed E-state index contributed by atoms with van der Waals surface area (Å²) in [6.07, 6.45) is 0.395. The van der Waals surface area contributed by atoms with Crippen LogP contribution in [-0.2, 0) is 4.74 Å². The largest absolute Gasteiger partial charge is 0.368 e. The summed E-state index contributed by atoms with van der Waals surface area (Å²) in [5.74, 6) is 0.624. The molecule has 12 heavy (non-hydrogen) atoms. The first-order valence-corrected chi connectivity index (χ1v) is 4.49. The molecule has 0 bridgehead atoms. The fraction of sp³-hybridized carbons (Fsp3) is 0.455. The monoisotopic (exact) mass is 162 g/mol. The Morgan fingerprint density at radius 3 is 2.25 bits per heavy atom. The van der Waals surface area contributed by atoms with E-state index in [0.29, 0.717) is 12.0 Å². The van der Waals surface area contributed by atoms with E-state index < -0.39 is 0 Å². The van der Waals surface area contributed by atoms with E-state index in [1.54, 1.807) is 0 Å². The zero-order chi connectivity index (χ0) is 8.55. The number of rotatable bonds is 2. The quantitative estimate of drug-likeness (QED) is 0.609. The van der Waals surface area contributed by atoms with Gasteiger partial charge in [0.2, 0.25) is 0 Å². The lowest BCUT2D eigenvalue weighted by molar-refractivity contribution is 0.415. The molecular weight excluding hydrogens is 148 g/mol. The van der Waals surface area contributed by atoms with Crippen LogP contribution in [0.4, 0.5) is 0 Å². The second-order valence-electron chi connectivity index (χ2n) is 3.64. The lowest BCUT2D eigenvalue weighted by Crippen LogP contribution is -1.87. The molecule has 1 aliphatic rings. The standard InChI is InChI=1S/C11H14O/c1-8(2)9-3-5-10(6-4-9)11-7-12-11/h3-6,8,11H,7H2,1-2H3/t11-/m0/s1. The molecule has 0 spiro atoms. The van der Waals surface area contributed by atoms with Crippen molar-refractivity contribution in [2.24, 2.45) is 0 Å². The van der Waals surface area contributed by atoms with Gasteiger partial charge in [0.25, 0.3) is 0 Å². The summed E-state index contributed by atoms with van der Waals surface area (Å²) in [6, 6.07) is 8.74. The van der Waals surface area contributed by atoms with Crippen molar-refractivity contribution in [3.05, 3.63) is 35.4 Å². The fourth-order valence-electron chi connectivity index (χ4n) is 1.34. The van der Waals surface area contributed by atoms with Gasteiger partial charge >= 0.3 is 0 Å². The molecule has 0 aliphatic carbocycles. The molecule has 2 rings (SSSR count). The molecule has 0 aromatic heterocycles. The first kappa shape index (κ1) is 7.81. The van der Waals surface area contributed by atoms with Crippen LogP contribution in [0.3, 0.4) is 0 Å². The Morgan fingerprint density at radius 1 is 1.25 bits per heavy atom. The van der Waals surface area contributed by atoms with Crippen LogP contribution >= 0.6 is 0 Å². The molecule has 0 radical (unpaired) electrons. The Hall–Kier alpha value is -0.820. The summed E-state index contributed by atoms with van der Waals surface area (Å²) < 4.78 is 5.19. The van der Waals surface area contributed by atoms with E-state index >= 15 is 0 Å². The number of epoxide rings is 1. The first-order chi connectivity index (χ1) is 5.77. The van der Waals surface area contributed by atoms with Crippen molar-refractivity contribution in [2.45, 2.75) is 25.9 Å². The van der Waals surface area contributed by atoms with Gasteiger partial charge in [0, 0.05) is 0 Å². The molecule has 1 aromatic rings. The molecule has 1 heterocycles. The van der Waals surface area contributed by atoms with E-state index in [0.717, 1.165) is 6.61 Å². The average molecular weight is 162 g/mol. The Morgan fingerprint density at radius 2 is 1.83 bits per heavy atom. The molecule has 1 nitrogen and oxygen atoms in total. The van der Waals surface area contributed by atoms with Gasteiger partial charge in [-0.3, -0.25) is 0 Å². The van der Waals surface area contributed by atoms with Gasteiger partial charge in [-0.15, -0.1) is 0 Å². The normalized spacial score (nSPS) is 21.4. The van der Waals surface area contributed by atoms with Crippen molar-refractivity contribution in [3.8, 4) is 0 Å². The predicted molar refractivity (Wildman–Crippen MR) is 49.2 cm³/mol. The highest BCUT2D eigenvalue weighted by Gasteiger charge is 2.24. The highest BCUT2D eigenvalue weighted by Crippen LogP contribution is 2.30. The highest BCUT2D eigenvalue weighted by atomic mass is 16.6. The minimum Gasteiger partial charge on any atom is -0.368 e.